The van der Waals surface area contributed by atoms with Gasteiger partial charge in [-0.25, -0.2) is 4.79 Å². The largest absolute Gasteiger partial charge is 0.497 e. The predicted octanol–water partition coefficient (Wildman–Crippen LogP) is 3.81. The number of carboxylic acid groups (broad SMARTS) is 1. The molecular weight excluding hydrogens is 424 g/mol. The molecule has 0 spiro atoms. The first-order valence-corrected chi connectivity index (χ1v) is 9.86. The second kappa shape index (κ2) is 10.6. The number of benzene rings is 3. The zero-order valence-corrected chi connectivity index (χ0v) is 18.0. The monoisotopic (exact) mass is 446 g/mol. The van der Waals surface area contributed by atoms with Crippen LogP contribution in [0.2, 0.25) is 0 Å². The summed E-state index contributed by atoms with van der Waals surface area (Å²) in [6, 6.07) is 19.3. The highest BCUT2D eigenvalue weighted by Crippen LogP contribution is 2.18. The first kappa shape index (κ1) is 23.1. The summed E-state index contributed by atoms with van der Waals surface area (Å²) in [5, 5.41) is 14.6. The van der Waals surface area contributed by atoms with Gasteiger partial charge < -0.3 is 25.2 Å². The number of carbonyl (C=O) groups excluding carboxylic acids is 2. The summed E-state index contributed by atoms with van der Waals surface area (Å²) in [6.07, 6.45) is 1.49. The maximum atomic E-state index is 13.1. The van der Waals surface area contributed by atoms with Gasteiger partial charge in [0.1, 0.15) is 17.2 Å². The summed E-state index contributed by atoms with van der Waals surface area (Å²) >= 11 is 0. The number of methoxy groups -OCH3 is 2. The Labute approximate surface area is 190 Å². The maximum absolute atomic E-state index is 13.1. The van der Waals surface area contributed by atoms with Crippen LogP contribution in [0.1, 0.15) is 26.3 Å². The van der Waals surface area contributed by atoms with Crippen LogP contribution < -0.4 is 20.1 Å². The highest BCUT2D eigenvalue weighted by atomic mass is 16.5. The molecule has 3 N–H and O–H groups in total. The second-order valence-corrected chi connectivity index (χ2v) is 6.82. The zero-order chi connectivity index (χ0) is 23.8. The smallest absolute Gasteiger partial charge is 0.337 e. The minimum atomic E-state index is -1.19. The van der Waals surface area contributed by atoms with Gasteiger partial charge in [0, 0.05) is 5.56 Å². The molecular formula is C25H22N2O6. The van der Waals surface area contributed by atoms with Crippen molar-refractivity contribution in [1.82, 2.24) is 5.32 Å². The van der Waals surface area contributed by atoms with Crippen LogP contribution in [-0.2, 0) is 4.79 Å². The molecule has 168 valence electrons. The Hall–Kier alpha value is -4.59. The molecule has 0 aliphatic carbocycles. The van der Waals surface area contributed by atoms with Crippen molar-refractivity contribution in [3.63, 3.8) is 0 Å². The highest BCUT2D eigenvalue weighted by Gasteiger charge is 2.18. The molecule has 0 fully saturated rings. The van der Waals surface area contributed by atoms with Gasteiger partial charge in [-0.3, -0.25) is 9.59 Å². The van der Waals surface area contributed by atoms with Gasteiger partial charge in [0.25, 0.3) is 11.8 Å². The number of carbonyl (C=O) groups is 3. The molecule has 0 bridgehead atoms. The van der Waals surface area contributed by atoms with Crippen molar-refractivity contribution in [3.05, 3.63) is 95.2 Å². The lowest BCUT2D eigenvalue weighted by Crippen LogP contribution is -2.31. The maximum Gasteiger partial charge on any atom is 0.337 e. The van der Waals surface area contributed by atoms with E-state index >= 15 is 0 Å². The van der Waals surface area contributed by atoms with Gasteiger partial charge in [0.15, 0.2) is 0 Å². The summed E-state index contributed by atoms with van der Waals surface area (Å²) < 4.78 is 10.2. The van der Waals surface area contributed by atoms with Crippen LogP contribution in [0, 0.1) is 0 Å². The second-order valence-electron chi connectivity index (χ2n) is 6.82. The molecule has 0 aliphatic heterocycles. The fourth-order valence-electron chi connectivity index (χ4n) is 2.93. The number of aromatic carboxylic acids is 1. The lowest BCUT2D eigenvalue weighted by Gasteiger charge is -2.13. The number of hydrogen-bond acceptors (Lipinski definition) is 5. The van der Waals surface area contributed by atoms with Crippen LogP contribution in [-0.4, -0.2) is 37.1 Å². The molecule has 33 heavy (non-hydrogen) atoms. The van der Waals surface area contributed by atoms with E-state index in [4.69, 9.17) is 9.47 Å². The van der Waals surface area contributed by atoms with E-state index in [-0.39, 0.29) is 16.9 Å². The topological polar surface area (TPSA) is 114 Å². The van der Waals surface area contributed by atoms with Gasteiger partial charge >= 0.3 is 5.97 Å². The Kier molecular flexibility index (Phi) is 7.43. The molecule has 3 rings (SSSR count). The molecule has 3 aromatic carbocycles. The van der Waals surface area contributed by atoms with Gasteiger partial charge in [0.2, 0.25) is 0 Å². The van der Waals surface area contributed by atoms with Crippen LogP contribution in [0.15, 0.2) is 78.5 Å². The van der Waals surface area contributed by atoms with E-state index in [1.54, 1.807) is 67.8 Å². The van der Waals surface area contributed by atoms with Crippen LogP contribution in [0.5, 0.6) is 11.5 Å². The number of anilines is 1. The first-order valence-electron chi connectivity index (χ1n) is 9.86. The van der Waals surface area contributed by atoms with E-state index in [0.717, 1.165) is 0 Å². The number of para-hydroxylation sites is 1. The summed E-state index contributed by atoms with van der Waals surface area (Å²) in [7, 11) is 3.06. The predicted molar refractivity (Wildman–Crippen MR) is 123 cm³/mol. The van der Waals surface area contributed by atoms with Crippen LogP contribution in [0.4, 0.5) is 5.69 Å². The number of ether oxygens (including phenoxy) is 2. The van der Waals surface area contributed by atoms with Crippen molar-refractivity contribution in [3.8, 4) is 11.5 Å². The average Bonchev–Trinajstić information content (AvgIpc) is 2.84. The summed E-state index contributed by atoms with van der Waals surface area (Å²) in [5.41, 5.74) is 0.907. The standard InChI is InChI=1S/C25H22N2O6/c1-32-18-11-7-16(8-12-18)15-22(27-23(28)17-9-13-19(33-2)14-10-17)24(29)26-21-6-4-3-5-20(21)25(30)31/h3-15H,1-2H3,(H,26,29)(H,27,28)(H,30,31). The Morgan fingerprint density at radius 2 is 1.39 bits per heavy atom. The fraction of sp³-hybridized carbons (Fsp3) is 0.0800. The molecule has 0 atom stereocenters. The van der Waals surface area contributed by atoms with Crippen molar-refractivity contribution >= 4 is 29.5 Å². The van der Waals surface area contributed by atoms with E-state index in [1.165, 1.54) is 25.3 Å². The molecule has 2 amide bonds. The lowest BCUT2D eigenvalue weighted by molar-refractivity contribution is -0.113. The van der Waals surface area contributed by atoms with Gasteiger partial charge in [-0.15, -0.1) is 0 Å². The lowest BCUT2D eigenvalue weighted by atomic mass is 10.1. The third-order valence-electron chi connectivity index (χ3n) is 4.68. The van der Waals surface area contributed by atoms with Crippen molar-refractivity contribution in [2.75, 3.05) is 19.5 Å². The van der Waals surface area contributed by atoms with E-state index in [9.17, 15) is 19.5 Å². The van der Waals surface area contributed by atoms with Gasteiger partial charge in [-0.1, -0.05) is 24.3 Å². The minimum Gasteiger partial charge on any atom is -0.497 e. The molecule has 0 unspecified atom stereocenters. The van der Waals surface area contributed by atoms with E-state index in [0.29, 0.717) is 22.6 Å². The number of amides is 2. The van der Waals surface area contributed by atoms with Crippen molar-refractivity contribution in [1.29, 1.82) is 0 Å². The third-order valence-corrected chi connectivity index (χ3v) is 4.68. The van der Waals surface area contributed by atoms with Crippen molar-refractivity contribution in [2.24, 2.45) is 0 Å². The van der Waals surface area contributed by atoms with Gasteiger partial charge in [0.05, 0.1) is 25.5 Å². The Balaban J connectivity index is 1.91. The van der Waals surface area contributed by atoms with Crippen molar-refractivity contribution < 1.29 is 29.0 Å². The normalized spacial score (nSPS) is 10.8. The highest BCUT2D eigenvalue weighted by molar-refractivity contribution is 6.12. The number of rotatable bonds is 8. The summed E-state index contributed by atoms with van der Waals surface area (Å²) in [5.74, 6) is -1.16. The molecule has 8 nitrogen and oxygen atoms in total. The molecule has 0 aliphatic rings. The van der Waals surface area contributed by atoms with E-state index in [2.05, 4.69) is 10.6 Å². The van der Waals surface area contributed by atoms with Gasteiger partial charge in [-0.2, -0.15) is 0 Å². The molecule has 0 saturated carbocycles. The van der Waals surface area contributed by atoms with Crippen molar-refractivity contribution in [2.45, 2.75) is 0 Å². The number of nitrogens with one attached hydrogen (secondary N) is 2. The van der Waals surface area contributed by atoms with E-state index < -0.39 is 17.8 Å². The molecule has 8 heteroatoms. The molecule has 0 saturated heterocycles. The fourth-order valence-corrected chi connectivity index (χ4v) is 2.93. The molecule has 0 heterocycles. The molecule has 0 aromatic heterocycles. The quantitative estimate of drug-likeness (QED) is 0.454. The minimum absolute atomic E-state index is 0.0684. The van der Waals surface area contributed by atoms with Crippen LogP contribution in [0.25, 0.3) is 6.08 Å². The van der Waals surface area contributed by atoms with Crippen LogP contribution >= 0.6 is 0 Å². The Morgan fingerprint density at radius 3 is 1.97 bits per heavy atom. The van der Waals surface area contributed by atoms with E-state index in [1.807, 2.05) is 0 Å². The molecule has 3 aromatic rings. The van der Waals surface area contributed by atoms with Crippen LogP contribution in [0.3, 0.4) is 0 Å². The number of hydrogen-bond donors (Lipinski definition) is 3. The first-order chi connectivity index (χ1) is 15.9. The third kappa shape index (κ3) is 5.98. The Morgan fingerprint density at radius 1 is 0.818 bits per heavy atom. The summed E-state index contributed by atoms with van der Waals surface area (Å²) in [6.45, 7) is 0. The Bertz CT molecular complexity index is 1180. The number of carboxylic acids is 1. The zero-order valence-electron chi connectivity index (χ0n) is 18.0. The summed E-state index contributed by atoms with van der Waals surface area (Å²) in [4.78, 5) is 37.3. The molecule has 0 radical (unpaired) electrons. The SMILES string of the molecule is COc1ccc(C=C(NC(=O)c2ccc(OC)cc2)C(=O)Nc2ccccc2C(=O)O)cc1. The van der Waals surface area contributed by atoms with Gasteiger partial charge in [-0.05, 0) is 60.2 Å². The average molecular weight is 446 g/mol.